The van der Waals surface area contributed by atoms with Gasteiger partial charge in [0.1, 0.15) is 11.8 Å². The zero-order chi connectivity index (χ0) is 20.4. The SMILES string of the molecule is COc1cc(Cl)c(C)cc1NC(=O)CN1C[C@H](C(N)=O)CC[C@H]1C(F)(F)F. The number of carbonyl (C=O) groups is 2. The van der Waals surface area contributed by atoms with Gasteiger partial charge in [-0.1, -0.05) is 11.6 Å². The Morgan fingerprint density at radius 2 is 2.04 bits per heavy atom. The minimum Gasteiger partial charge on any atom is -0.495 e. The van der Waals surface area contributed by atoms with E-state index in [1.165, 1.54) is 13.2 Å². The third kappa shape index (κ3) is 5.26. The molecule has 0 unspecified atom stereocenters. The monoisotopic (exact) mass is 407 g/mol. The summed E-state index contributed by atoms with van der Waals surface area (Å²) in [4.78, 5) is 24.7. The highest BCUT2D eigenvalue weighted by Crippen LogP contribution is 2.34. The highest BCUT2D eigenvalue weighted by Gasteiger charge is 2.47. The predicted molar refractivity (Wildman–Crippen MR) is 94.7 cm³/mol. The van der Waals surface area contributed by atoms with E-state index < -0.39 is 36.5 Å². The maximum Gasteiger partial charge on any atom is 0.404 e. The van der Waals surface area contributed by atoms with Crippen LogP contribution in [0.5, 0.6) is 5.75 Å². The molecule has 0 aromatic heterocycles. The van der Waals surface area contributed by atoms with Crippen molar-refractivity contribution >= 4 is 29.1 Å². The third-order valence-corrected chi connectivity index (χ3v) is 4.97. The number of rotatable bonds is 5. The van der Waals surface area contributed by atoms with Gasteiger partial charge in [0.25, 0.3) is 0 Å². The Hall–Kier alpha value is -2.00. The molecule has 10 heteroatoms. The van der Waals surface area contributed by atoms with E-state index in [0.29, 0.717) is 22.0 Å². The molecule has 1 saturated heterocycles. The van der Waals surface area contributed by atoms with Crippen molar-refractivity contribution in [1.29, 1.82) is 0 Å². The van der Waals surface area contributed by atoms with Crippen molar-refractivity contribution in [2.45, 2.75) is 32.0 Å². The van der Waals surface area contributed by atoms with Crippen LogP contribution in [-0.4, -0.2) is 49.1 Å². The predicted octanol–water partition coefficient (Wildman–Crippen LogP) is 2.72. The molecule has 2 amide bonds. The van der Waals surface area contributed by atoms with Gasteiger partial charge in [-0.05, 0) is 31.4 Å². The summed E-state index contributed by atoms with van der Waals surface area (Å²) in [5.41, 5.74) is 6.21. The Morgan fingerprint density at radius 3 is 2.59 bits per heavy atom. The van der Waals surface area contributed by atoms with Crippen LogP contribution in [0.15, 0.2) is 12.1 Å². The molecule has 0 saturated carbocycles. The number of halogens is 4. The third-order valence-electron chi connectivity index (χ3n) is 4.57. The lowest BCUT2D eigenvalue weighted by Gasteiger charge is -2.39. The molecule has 2 atom stereocenters. The van der Waals surface area contributed by atoms with Crippen molar-refractivity contribution in [3.8, 4) is 5.75 Å². The van der Waals surface area contributed by atoms with Gasteiger partial charge in [-0.25, -0.2) is 0 Å². The van der Waals surface area contributed by atoms with Gasteiger partial charge in [-0.2, -0.15) is 13.2 Å². The number of hydrogen-bond donors (Lipinski definition) is 2. The Kier molecular flexibility index (Phi) is 6.59. The number of nitrogens with one attached hydrogen (secondary N) is 1. The maximum absolute atomic E-state index is 13.3. The van der Waals surface area contributed by atoms with Crippen molar-refractivity contribution in [1.82, 2.24) is 4.90 Å². The molecule has 27 heavy (non-hydrogen) atoms. The summed E-state index contributed by atoms with van der Waals surface area (Å²) in [6.45, 7) is 0.974. The quantitative estimate of drug-likeness (QED) is 0.786. The van der Waals surface area contributed by atoms with Gasteiger partial charge < -0.3 is 15.8 Å². The van der Waals surface area contributed by atoms with E-state index in [1.807, 2.05) is 0 Å². The van der Waals surface area contributed by atoms with Crippen LogP contribution >= 0.6 is 11.6 Å². The van der Waals surface area contributed by atoms with Crippen molar-refractivity contribution in [3.05, 3.63) is 22.7 Å². The van der Waals surface area contributed by atoms with E-state index in [1.54, 1.807) is 13.0 Å². The molecule has 6 nitrogen and oxygen atoms in total. The lowest BCUT2D eigenvalue weighted by molar-refractivity contribution is -0.195. The molecule has 1 aliphatic rings. The fourth-order valence-corrected chi connectivity index (χ4v) is 3.28. The van der Waals surface area contributed by atoms with Gasteiger partial charge in [0.15, 0.2) is 0 Å². The van der Waals surface area contributed by atoms with E-state index in [0.717, 1.165) is 4.90 Å². The summed E-state index contributed by atoms with van der Waals surface area (Å²) < 4.78 is 45.0. The van der Waals surface area contributed by atoms with E-state index >= 15 is 0 Å². The summed E-state index contributed by atoms with van der Waals surface area (Å²) in [6.07, 6.45) is -4.74. The summed E-state index contributed by atoms with van der Waals surface area (Å²) in [5.74, 6) is -1.76. The summed E-state index contributed by atoms with van der Waals surface area (Å²) in [7, 11) is 1.39. The average molecular weight is 408 g/mol. The number of amides is 2. The minimum absolute atomic E-state index is 0.0435. The van der Waals surface area contributed by atoms with E-state index in [9.17, 15) is 22.8 Å². The fourth-order valence-electron chi connectivity index (χ4n) is 3.12. The first kappa shape index (κ1) is 21.3. The topological polar surface area (TPSA) is 84.7 Å². The summed E-state index contributed by atoms with van der Waals surface area (Å²) >= 11 is 6.00. The second-order valence-electron chi connectivity index (χ2n) is 6.51. The fraction of sp³-hybridized carbons (Fsp3) is 0.529. The molecule has 0 spiro atoms. The molecule has 0 aliphatic carbocycles. The van der Waals surface area contributed by atoms with E-state index in [4.69, 9.17) is 22.1 Å². The number of nitrogens with two attached hydrogens (primary N) is 1. The minimum atomic E-state index is -4.50. The summed E-state index contributed by atoms with van der Waals surface area (Å²) in [6, 6.07) is 1.28. The number of anilines is 1. The molecule has 1 aliphatic heterocycles. The number of carbonyl (C=O) groups excluding carboxylic acids is 2. The van der Waals surface area contributed by atoms with Gasteiger partial charge in [0.05, 0.1) is 25.3 Å². The van der Waals surface area contributed by atoms with Crippen molar-refractivity contribution in [3.63, 3.8) is 0 Å². The molecule has 1 aromatic carbocycles. The number of primary amides is 1. The molecule has 3 N–H and O–H groups in total. The van der Waals surface area contributed by atoms with Crippen LogP contribution in [0.3, 0.4) is 0 Å². The van der Waals surface area contributed by atoms with Crippen LogP contribution in [0.25, 0.3) is 0 Å². The van der Waals surface area contributed by atoms with E-state index in [2.05, 4.69) is 5.32 Å². The van der Waals surface area contributed by atoms with Crippen molar-refractivity contribution in [2.24, 2.45) is 11.7 Å². The van der Waals surface area contributed by atoms with Crippen LogP contribution in [0.2, 0.25) is 5.02 Å². The van der Waals surface area contributed by atoms with Gasteiger partial charge in [0.2, 0.25) is 11.8 Å². The van der Waals surface area contributed by atoms with Gasteiger partial charge in [0, 0.05) is 17.6 Å². The molecule has 0 radical (unpaired) electrons. The molecule has 1 aromatic rings. The number of methoxy groups -OCH3 is 1. The van der Waals surface area contributed by atoms with E-state index in [-0.39, 0.29) is 19.4 Å². The normalized spacial score (nSPS) is 21.0. The Morgan fingerprint density at radius 1 is 1.37 bits per heavy atom. The molecular formula is C17H21ClF3N3O3. The largest absolute Gasteiger partial charge is 0.495 e. The number of aryl methyl sites for hydroxylation is 1. The number of ether oxygens (including phenoxy) is 1. The number of alkyl halides is 3. The van der Waals surface area contributed by atoms with Crippen LogP contribution in [0.1, 0.15) is 18.4 Å². The molecule has 1 fully saturated rings. The maximum atomic E-state index is 13.3. The summed E-state index contributed by atoms with van der Waals surface area (Å²) in [5, 5.41) is 2.98. The van der Waals surface area contributed by atoms with Gasteiger partial charge in [-0.3, -0.25) is 14.5 Å². The number of nitrogens with zero attached hydrogens (tertiary/aromatic N) is 1. The van der Waals surface area contributed by atoms with Gasteiger partial charge in [-0.15, -0.1) is 0 Å². The van der Waals surface area contributed by atoms with Crippen molar-refractivity contribution in [2.75, 3.05) is 25.5 Å². The van der Waals surface area contributed by atoms with Gasteiger partial charge >= 0.3 is 6.18 Å². The molecule has 1 heterocycles. The second-order valence-corrected chi connectivity index (χ2v) is 6.92. The Balaban J connectivity index is 2.16. The smallest absolute Gasteiger partial charge is 0.404 e. The lowest BCUT2D eigenvalue weighted by atomic mass is 9.92. The Labute approximate surface area is 159 Å². The second kappa shape index (κ2) is 8.35. The van der Waals surface area contributed by atoms with Crippen molar-refractivity contribution < 1.29 is 27.5 Å². The molecule has 150 valence electrons. The molecule has 2 rings (SSSR count). The average Bonchev–Trinajstić information content (AvgIpc) is 2.56. The molecule has 0 bridgehead atoms. The van der Waals surface area contributed by atoms with Crippen LogP contribution in [0.4, 0.5) is 18.9 Å². The molecular weight excluding hydrogens is 387 g/mol. The number of likely N-dealkylation sites (tertiary alicyclic amines) is 1. The van der Waals surface area contributed by atoms with Crippen LogP contribution in [-0.2, 0) is 9.59 Å². The first-order valence-corrected chi connectivity index (χ1v) is 8.64. The van der Waals surface area contributed by atoms with Crippen LogP contribution in [0, 0.1) is 12.8 Å². The zero-order valence-electron chi connectivity index (χ0n) is 14.9. The lowest BCUT2D eigenvalue weighted by Crippen LogP contribution is -2.55. The number of piperidine rings is 1. The van der Waals surface area contributed by atoms with Crippen LogP contribution < -0.4 is 15.8 Å². The highest BCUT2D eigenvalue weighted by molar-refractivity contribution is 6.31. The zero-order valence-corrected chi connectivity index (χ0v) is 15.7. The highest BCUT2D eigenvalue weighted by atomic mass is 35.5. The number of benzene rings is 1. The Bertz CT molecular complexity index is 727. The first-order valence-electron chi connectivity index (χ1n) is 8.27. The standard InChI is InChI=1S/C17H21ClF3N3O3/c1-9-5-12(13(27-2)6-11(9)18)23-15(25)8-24-7-10(16(22)26)3-4-14(24)17(19,20)21/h5-6,10,14H,3-4,7-8H2,1-2H3,(H2,22,26)(H,23,25)/t10-,14+/m1/s1. The number of hydrogen-bond acceptors (Lipinski definition) is 4. The first-order chi connectivity index (χ1) is 12.5.